The van der Waals surface area contributed by atoms with Gasteiger partial charge in [0.15, 0.2) is 6.10 Å². The van der Waals surface area contributed by atoms with Gasteiger partial charge < -0.3 is 4.74 Å². The van der Waals surface area contributed by atoms with Crippen molar-refractivity contribution in [1.82, 2.24) is 4.90 Å². The highest BCUT2D eigenvalue weighted by Crippen LogP contribution is 2.26. The van der Waals surface area contributed by atoms with Gasteiger partial charge in [0.05, 0.1) is 17.0 Å². The number of para-hydroxylation sites is 1. The molecule has 1 aliphatic heterocycles. The third kappa shape index (κ3) is 2.83. The van der Waals surface area contributed by atoms with E-state index in [2.05, 4.69) is 0 Å². The van der Waals surface area contributed by atoms with Crippen LogP contribution in [0.25, 0.3) is 0 Å². The maximum atomic E-state index is 12.7. The Bertz CT molecular complexity index is 816. The van der Waals surface area contributed by atoms with Crippen LogP contribution in [-0.4, -0.2) is 27.7 Å². The number of nitro groups is 1. The van der Waals surface area contributed by atoms with Crippen LogP contribution < -0.4 is 4.74 Å². The Morgan fingerprint density at radius 3 is 2.46 bits per heavy atom. The number of benzene rings is 2. The van der Waals surface area contributed by atoms with Gasteiger partial charge in [0.25, 0.3) is 17.5 Å². The van der Waals surface area contributed by atoms with Gasteiger partial charge in [-0.25, -0.2) is 0 Å². The number of nitro benzene ring substituents is 1. The molecule has 7 nitrogen and oxygen atoms in total. The van der Waals surface area contributed by atoms with Crippen molar-refractivity contribution in [2.45, 2.75) is 19.6 Å². The Kier molecular flexibility index (Phi) is 3.99. The normalized spacial score (nSPS) is 17.0. The molecule has 0 N–H and O–H groups in total. The Balaban J connectivity index is 1.92. The van der Waals surface area contributed by atoms with E-state index in [4.69, 9.17) is 4.74 Å². The summed E-state index contributed by atoms with van der Waals surface area (Å²) in [6.45, 7) is 1.61. The first-order chi connectivity index (χ1) is 11.5. The molecular formula is C17H14N2O5. The number of hydrogen-bond acceptors (Lipinski definition) is 5. The fourth-order valence-corrected chi connectivity index (χ4v) is 2.51. The van der Waals surface area contributed by atoms with E-state index >= 15 is 0 Å². The molecule has 24 heavy (non-hydrogen) atoms. The van der Waals surface area contributed by atoms with Gasteiger partial charge in [0, 0.05) is 12.1 Å². The van der Waals surface area contributed by atoms with Crippen LogP contribution in [0.3, 0.4) is 0 Å². The third-order valence-electron chi connectivity index (χ3n) is 3.77. The maximum absolute atomic E-state index is 12.7. The van der Waals surface area contributed by atoms with Crippen LogP contribution in [0, 0.1) is 10.1 Å². The topological polar surface area (TPSA) is 89.8 Å². The molecule has 122 valence electrons. The fraction of sp³-hybridized carbons (Fsp3) is 0.176. The number of imide groups is 1. The van der Waals surface area contributed by atoms with Gasteiger partial charge in [-0.2, -0.15) is 0 Å². The Hall–Kier alpha value is -3.22. The summed E-state index contributed by atoms with van der Waals surface area (Å²) in [4.78, 5) is 36.5. The zero-order valence-corrected chi connectivity index (χ0v) is 12.8. The average molecular weight is 326 g/mol. The number of nitrogens with zero attached hydrogens (tertiary/aromatic N) is 2. The number of hydrogen-bond donors (Lipinski definition) is 0. The standard InChI is InChI=1S/C17H14N2O5/c1-11-16(20)18(10-12-6-8-13(9-7-12)19(22)23)17(21)14-4-2-3-5-15(14)24-11/h2-9,11H,10H2,1H3/t11-/m1/s1. The minimum Gasteiger partial charge on any atom is -0.480 e. The van der Waals surface area contributed by atoms with Crippen molar-refractivity contribution in [3.63, 3.8) is 0 Å². The van der Waals surface area contributed by atoms with Gasteiger partial charge in [-0.1, -0.05) is 24.3 Å². The first-order valence-electron chi connectivity index (χ1n) is 7.32. The summed E-state index contributed by atoms with van der Waals surface area (Å²) in [6, 6.07) is 12.4. The lowest BCUT2D eigenvalue weighted by atomic mass is 10.1. The molecule has 0 fully saturated rings. The Labute approximate surface area is 137 Å². The predicted molar refractivity (Wildman–Crippen MR) is 84.5 cm³/mol. The molecule has 2 aromatic rings. The van der Waals surface area contributed by atoms with Crippen LogP contribution in [0.4, 0.5) is 5.69 Å². The lowest BCUT2D eigenvalue weighted by Crippen LogP contribution is -2.41. The summed E-state index contributed by atoms with van der Waals surface area (Å²) >= 11 is 0. The molecule has 0 saturated heterocycles. The van der Waals surface area contributed by atoms with E-state index in [0.29, 0.717) is 16.9 Å². The van der Waals surface area contributed by atoms with Crippen LogP contribution in [0.2, 0.25) is 0 Å². The molecule has 1 aliphatic rings. The molecule has 0 aliphatic carbocycles. The minimum atomic E-state index is -0.796. The van der Waals surface area contributed by atoms with Crippen molar-refractivity contribution in [2.24, 2.45) is 0 Å². The van der Waals surface area contributed by atoms with Gasteiger partial charge in [-0.15, -0.1) is 0 Å². The number of rotatable bonds is 3. The highest BCUT2D eigenvalue weighted by molar-refractivity contribution is 6.08. The van der Waals surface area contributed by atoms with Gasteiger partial charge in [-0.3, -0.25) is 24.6 Å². The van der Waals surface area contributed by atoms with Gasteiger partial charge in [0.1, 0.15) is 5.75 Å². The van der Waals surface area contributed by atoms with E-state index in [9.17, 15) is 19.7 Å². The van der Waals surface area contributed by atoms with Gasteiger partial charge in [-0.05, 0) is 24.6 Å². The van der Waals surface area contributed by atoms with Gasteiger partial charge in [0.2, 0.25) is 0 Å². The molecule has 3 rings (SSSR count). The van der Waals surface area contributed by atoms with E-state index in [1.54, 1.807) is 31.2 Å². The first kappa shape index (κ1) is 15.7. The quantitative estimate of drug-likeness (QED) is 0.491. The average Bonchev–Trinajstić information content (AvgIpc) is 2.66. The number of amides is 2. The summed E-state index contributed by atoms with van der Waals surface area (Å²) in [6.07, 6.45) is -0.796. The molecule has 0 bridgehead atoms. The second kappa shape index (κ2) is 6.11. The monoisotopic (exact) mass is 326 g/mol. The van der Waals surface area contributed by atoms with Crippen LogP contribution in [0.15, 0.2) is 48.5 Å². The van der Waals surface area contributed by atoms with E-state index in [-0.39, 0.29) is 12.2 Å². The summed E-state index contributed by atoms with van der Waals surface area (Å²) < 4.78 is 5.56. The minimum absolute atomic E-state index is 0.0255. The van der Waals surface area contributed by atoms with Crippen molar-refractivity contribution in [3.05, 3.63) is 69.8 Å². The molecule has 0 saturated carbocycles. The third-order valence-corrected chi connectivity index (χ3v) is 3.77. The number of fused-ring (bicyclic) bond motifs is 1. The molecule has 0 spiro atoms. The number of carbonyl (C=O) groups is 2. The molecule has 1 atom stereocenters. The molecule has 0 radical (unpaired) electrons. The highest BCUT2D eigenvalue weighted by atomic mass is 16.6. The SMILES string of the molecule is C[C@H]1Oc2ccccc2C(=O)N(Cc2ccc([N+](=O)[O-])cc2)C1=O. The molecule has 7 heteroatoms. The van der Waals surface area contributed by atoms with E-state index in [1.807, 2.05) is 0 Å². The fourth-order valence-electron chi connectivity index (χ4n) is 2.51. The van der Waals surface area contributed by atoms with Crippen molar-refractivity contribution in [2.75, 3.05) is 0 Å². The second-order valence-electron chi connectivity index (χ2n) is 5.41. The zero-order chi connectivity index (χ0) is 17.3. The number of ether oxygens (including phenoxy) is 1. The van der Waals surface area contributed by atoms with E-state index in [0.717, 1.165) is 4.90 Å². The molecule has 2 aromatic carbocycles. The van der Waals surface area contributed by atoms with Crippen LogP contribution >= 0.6 is 0 Å². The maximum Gasteiger partial charge on any atom is 0.270 e. The smallest absolute Gasteiger partial charge is 0.270 e. The molecule has 2 amide bonds. The molecular weight excluding hydrogens is 312 g/mol. The van der Waals surface area contributed by atoms with Gasteiger partial charge >= 0.3 is 0 Å². The second-order valence-corrected chi connectivity index (χ2v) is 5.41. The molecule has 1 heterocycles. The number of non-ortho nitro benzene ring substituents is 1. The first-order valence-corrected chi connectivity index (χ1v) is 7.32. The van der Waals surface area contributed by atoms with Crippen molar-refractivity contribution < 1.29 is 19.2 Å². The lowest BCUT2D eigenvalue weighted by Gasteiger charge is -2.20. The largest absolute Gasteiger partial charge is 0.480 e. The van der Waals surface area contributed by atoms with Crippen molar-refractivity contribution >= 4 is 17.5 Å². The Morgan fingerprint density at radius 1 is 1.12 bits per heavy atom. The van der Waals surface area contributed by atoms with Crippen LogP contribution in [0.5, 0.6) is 5.75 Å². The van der Waals surface area contributed by atoms with Crippen LogP contribution in [0.1, 0.15) is 22.8 Å². The van der Waals surface area contributed by atoms with E-state index < -0.39 is 22.8 Å². The summed E-state index contributed by atoms with van der Waals surface area (Å²) in [5.74, 6) is -0.526. The predicted octanol–water partition coefficient (Wildman–Crippen LogP) is 2.54. The van der Waals surface area contributed by atoms with Crippen LogP contribution in [-0.2, 0) is 11.3 Å². The van der Waals surface area contributed by atoms with Crippen molar-refractivity contribution in [1.29, 1.82) is 0 Å². The zero-order valence-electron chi connectivity index (χ0n) is 12.8. The summed E-state index contributed by atoms with van der Waals surface area (Å²) in [7, 11) is 0. The summed E-state index contributed by atoms with van der Waals surface area (Å²) in [5, 5.41) is 10.7. The Morgan fingerprint density at radius 2 is 1.79 bits per heavy atom. The highest BCUT2D eigenvalue weighted by Gasteiger charge is 2.33. The lowest BCUT2D eigenvalue weighted by molar-refractivity contribution is -0.384. The molecule has 0 unspecified atom stereocenters. The number of carbonyl (C=O) groups excluding carboxylic acids is 2. The molecule has 0 aromatic heterocycles. The van der Waals surface area contributed by atoms with E-state index in [1.165, 1.54) is 24.3 Å². The van der Waals surface area contributed by atoms with Crippen molar-refractivity contribution in [3.8, 4) is 5.75 Å². The summed E-state index contributed by atoms with van der Waals surface area (Å²) in [5.41, 5.74) is 0.889.